The molecule has 1 saturated heterocycles. The SMILES string of the molecule is CC1CC(NC(=O)c2ccc([N+](=O)[O-])cc2Br)CCN1. The van der Waals surface area contributed by atoms with Crippen molar-refractivity contribution in [2.24, 2.45) is 0 Å². The molecule has 7 heteroatoms. The molecule has 0 radical (unpaired) electrons. The van der Waals surface area contributed by atoms with Crippen LogP contribution in [0.25, 0.3) is 0 Å². The van der Waals surface area contributed by atoms with Crippen LogP contribution in [0.3, 0.4) is 0 Å². The molecule has 2 unspecified atom stereocenters. The Labute approximate surface area is 125 Å². The molecule has 1 heterocycles. The molecule has 2 N–H and O–H groups in total. The third kappa shape index (κ3) is 3.55. The Bertz CT molecular complexity index is 536. The quantitative estimate of drug-likeness (QED) is 0.652. The highest BCUT2D eigenvalue weighted by Gasteiger charge is 2.22. The Morgan fingerprint density at radius 1 is 1.55 bits per heavy atom. The molecule has 1 aromatic rings. The van der Waals surface area contributed by atoms with E-state index in [2.05, 4.69) is 33.5 Å². The smallest absolute Gasteiger partial charge is 0.270 e. The third-order valence-electron chi connectivity index (χ3n) is 3.37. The lowest BCUT2D eigenvalue weighted by molar-refractivity contribution is -0.384. The molecule has 108 valence electrons. The molecular weight excluding hydrogens is 326 g/mol. The van der Waals surface area contributed by atoms with E-state index in [0.29, 0.717) is 16.1 Å². The summed E-state index contributed by atoms with van der Waals surface area (Å²) in [7, 11) is 0. The average molecular weight is 342 g/mol. The predicted octanol–water partition coefficient (Wildman–Crippen LogP) is 2.23. The number of piperidine rings is 1. The van der Waals surface area contributed by atoms with Crippen molar-refractivity contribution in [2.45, 2.75) is 31.8 Å². The van der Waals surface area contributed by atoms with Crippen LogP contribution in [0.15, 0.2) is 22.7 Å². The largest absolute Gasteiger partial charge is 0.349 e. The summed E-state index contributed by atoms with van der Waals surface area (Å²) < 4.78 is 0.436. The molecule has 1 aliphatic heterocycles. The van der Waals surface area contributed by atoms with Crippen LogP contribution in [0.4, 0.5) is 5.69 Å². The van der Waals surface area contributed by atoms with Crippen molar-refractivity contribution in [2.75, 3.05) is 6.54 Å². The fourth-order valence-corrected chi connectivity index (χ4v) is 2.87. The number of carbonyl (C=O) groups excluding carboxylic acids is 1. The minimum absolute atomic E-state index is 0.0380. The third-order valence-corrected chi connectivity index (χ3v) is 4.02. The zero-order valence-electron chi connectivity index (χ0n) is 11.1. The molecule has 1 aromatic carbocycles. The Balaban J connectivity index is 2.07. The maximum atomic E-state index is 12.2. The maximum Gasteiger partial charge on any atom is 0.270 e. The van der Waals surface area contributed by atoms with Gasteiger partial charge >= 0.3 is 0 Å². The van der Waals surface area contributed by atoms with Crippen LogP contribution in [-0.4, -0.2) is 29.5 Å². The summed E-state index contributed by atoms with van der Waals surface area (Å²) >= 11 is 3.22. The van der Waals surface area contributed by atoms with Gasteiger partial charge in [0.1, 0.15) is 0 Å². The molecule has 0 bridgehead atoms. The number of carbonyl (C=O) groups is 1. The Morgan fingerprint density at radius 3 is 2.90 bits per heavy atom. The van der Waals surface area contributed by atoms with Crippen LogP contribution < -0.4 is 10.6 Å². The van der Waals surface area contributed by atoms with Crippen LogP contribution >= 0.6 is 15.9 Å². The van der Waals surface area contributed by atoms with Gasteiger partial charge in [-0.1, -0.05) is 0 Å². The van der Waals surface area contributed by atoms with Crippen molar-refractivity contribution in [3.05, 3.63) is 38.3 Å². The first-order valence-corrected chi connectivity index (χ1v) is 7.25. The van der Waals surface area contributed by atoms with E-state index in [9.17, 15) is 14.9 Å². The van der Waals surface area contributed by atoms with Crippen molar-refractivity contribution in [3.63, 3.8) is 0 Å². The highest BCUT2D eigenvalue weighted by Crippen LogP contribution is 2.23. The lowest BCUT2D eigenvalue weighted by Crippen LogP contribution is -2.46. The van der Waals surface area contributed by atoms with Crippen molar-refractivity contribution < 1.29 is 9.72 Å². The number of nitrogens with one attached hydrogen (secondary N) is 2. The Hall–Kier alpha value is -1.47. The van der Waals surface area contributed by atoms with Crippen molar-refractivity contribution >= 4 is 27.5 Å². The van der Waals surface area contributed by atoms with Crippen molar-refractivity contribution in [1.29, 1.82) is 0 Å². The number of benzene rings is 1. The second-order valence-electron chi connectivity index (χ2n) is 4.97. The van der Waals surface area contributed by atoms with Crippen molar-refractivity contribution in [1.82, 2.24) is 10.6 Å². The number of amides is 1. The molecule has 0 aromatic heterocycles. The molecule has 6 nitrogen and oxygen atoms in total. The minimum Gasteiger partial charge on any atom is -0.349 e. The average Bonchev–Trinajstić information content (AvgIpc) is 2.38. The van der Waals surface area contributed by atoms with Gasteiger partial charge in [0.2, 0.25) is 0 Å². The van der Waals surface area contributed by atoms with Crippen molar-refractivity contribution in [3.8, 4) is 0 Å². The second kappa shape index (κ2) is 6.32. The van der Waals surface area contributed by atoms with E-state index in [1.165, 1.54) is 18.2 Å². The van der Waals surface area contributed by atoms with Gasteiger partial charge < -0.3 is 10.6 Å². The molecule has 2 atom stereocenters. The molecule has 0 saturated carbocycles. The second-order valence-corrected chi connectivity index (χ2v) is 5.83. The fourth-order valence-electron chi connectivity index (χ4n) is 2.33. The van der Waals surface area contributed by atoms with Gasteiger partial charge in [0, 0.05) is 28.7 Å². The summed E-state index contributed by atoms with van der Waals surface area (Å²) in [5, 5.41) is 17.0. The van der Waals surface area contributed by atoms with Gasteiger partial charge in [-0.05, 0) is 48.3 Å². The molecule has 1 aliphatic rings. The molecular formula is C13H16BrN3O3. The van der Waals surface area contributed by atoms with E-state index in [0.717, 1.165) is 19.4 Å². The van der Waals surface area contributed by atoms with Gasteiger partial charge in [-0.2, -0.15) is 0 Å². The number of nitro benzene ring substituents is 1. The summed E-state index contributed by atoms with van der Waals surface area (Å²) in [6, 6.07) is 4.68. The molecule has 20 heavy (non-hydrogen) atoms. The van der Waals surface area contributed by atoms with Gasteiger partial charge in [-0.15, -0.1) is 0 Å². The van der Waals surface area contributed by atoms with E-state index in [-0.39, 0.29) is 17.6 Å². The first kappa shape index (κ1) is 14.9. The van der Waals surface area contributed by atoms with E-state index >= 15 is 0 Å². The van der Waals surface area contributed by atoms with E-state index in [1.54, 1.807) is 0 Å². The first-order valence-electron chi connectivity index (χ1n) is 6.45. The summed E-state index contributed by atoms with van der Waals surface area (Å²) in [6.45, 7) is 2.97. The topological polar surface area (TPSA) is 84.3 Å². The lowest BCUT2D eigenvalue weighted by Gasteiger charge is -2.28. The molecule has 1 fully saturated rings. The number of rotatable bonds is 3. The van der Waals surface area contributed by atoms with Crippen LogP contribution in [0, 0.1) is 10.1 Å². The van der Waals surface area contributed by atoms with E-state index < -0.39 is 4.92 Å². The van der Waals surface area contributed by atoms with Gasteiger partial charge in [0.25, 0.3) is 11.6 Å². The zero-order valence-corrected chi connectivity index (χ0v) is 12.6. The summed E-state index contributed by atoms with van der Waals surface area (Å²) in [4.78, 5) is 22.4. The van der Waals surface area contributed by atoms with Gasteiger partial charge in [-0.3, -0.25) is 14.9 Å². The van der Waals surface area contributed by atoms with E-state index in [1.807, 2.05) is 0 Å². The summed E-state index contributed by atoms with van der Waals surface area (Å²) in [5.74, 6) is -0.203. The van der Waals surface area contributed by atoms with Crippen LogP contribution in [0.1, 0.15) is 30.1 Å². The van der Waals surface area contributed by atoms with Crippen LogP contribution in [-0.2, 0) is 0 Å². The summed E-state index contributed by atoms with van der Waals surface area (Å²) in [5.41, 5.74) is 0.380. The number of hydrogen-bond acceptors (Lipinski definition) is 4. The van der Waals surface area contributed by atoms with E-state index in [4.69, 9.17) is 0 Å². The highest BCUT2D eigenvalue weighted by atomic mass is 79.9. The molecule has 2 rings (SSSR count). The number of nitrogens with zero attached hydrogens (tertiary/aromatic N) is 1. The Morgan fingerprint density at radius 2 is 2.30 bits per heavy atom. The Kier molecular flexibility index (Phi) is 4.72. The lowest BCUT2D eigenvalue weighted by atomic mass is 10.0. The van der Waals surface area contributed by atoms with Crippen LogP contribution in [0.2, 0.25) is 0 Å². The molecule has 0 spiro atoms. The first-order chi connectivity index (χ1) is 9.47. The number of non-ortho nitro benzene ring substituents is 1. The van der Waals surface area contributed by atoms with Crippen LogP contribution in [0.5, 0.6) is 0 Å². The maximum absolute atomic E-state index is 12.2. The summed E-state index contributed by atoms with van der Waals surface area (Å²) in [6.07, 6.45) is 1.77. The highest BCUT2D eigenvalue weighted by molar-refractivity contribution is 9.10. The zero-order chi connectivity index (χ0) is 14.7. The number of nitro groups is 1. The normalized spacial score (nSPS) is 22.3. The minimum atomic E-state index is -0.485. The number of halogens is 1. The van der Waals surface area contributed by atoms with Gasteiger partial charge in [-0.25, -0.2) is 0 Å². The van der Waals surface area contributed by atoms with Gasteiger partial charge in [0.05, 0.1) is 10.5 Å². The number of hydrogen-bond donors (Lipinski definition) is 2. The fraction of sp³-hybridized carbons (Fsp3) is 0.462. The monoisotopic (exact) mass is 341 g/mol. The predicted molar refractivity (Wildman–Crippen MR) is 78.7 cm³/mol. The molecule has 0 aliphatic carbocycles. The molecule has 1 amide bonds. The van der Waals surface area contributed by atoms with Gasteiger partial charge in [0.15, 0.2) is 0 Å². The standard InChI is InChI=1S/C13H16BrN3O3/c1-8-6-9(4-5-15-8)16-13(18)11-3-2-10(17(19)20)7-12(11)14/h2-3,7-9,15H,4-6H2,1H3,(H,16,18).